The summed E-state index contributed by atoms with van der Waals surface area (Å²) in [6.45, 7) is 3.36. The van der Waals surface area contributed by atoms with Crippen LogP contribution in [0.2, 0.25) is 0 Å². The van der Waals surface area contributed by atoms with Crippen molar-refractivity contribution in [2.45, 2.75) is 26.5 Å². The van der Waals surface area contributed by atoms with E-state index in [4.69, 9.17) is 9.84 Å². The topological polar surface area (TPSA) is 75.6 Å². The Hall–Kier alpha value is -2.04. The van der Waals surface area contributed by atoms with Crippen LogP contribution in [0.3, 0.4) is 0 Å². The van der Waals surface area contributed by atoms with Gasteiger partial charge in [-0.2, -0.15) is 0 Å². The summed E-state index contributed by atoms with van der Waals surface area (Å²) in [4.78, 5) is 21.3. The van der Waals surface area contributed by atoms with Crippen LogP contribution in [0.15, 0.2) is 24.3 Å². The summed E-state index contributed by atoms with van der Waals surface area (Å²) < 4.78 is 5.17. The van der Waals surface area contributed by atoms with Gasteiger partial charge in [0.25, 0.3) is 0 Å². The Morgan fingerprint density at radius 3 is 2.41 bits per heavy atom. The first-order chi connectivity index (χ1) is 7.99. The van der Waals surface area contributed by atoms with Crippen LogP contribution in [0.1, 0.15) is 19.4 Å². The Bertz CT molecular complexity index is 399. The van der Waals surface area contributed by atoms with Crippen molar-refractivity contribution in [1.82, 2.24) is 5.32 Å². The lowest BCUT2D eigenvalue weighted by Gasteiger charge is -2.10. The van der Waals surface area contributed by atoms with E-state index in [0.29, 0.717) is 12.3 Å². The van der Waals surface area contributed by atoms with Crippen LogP contribution in [0, 0.1) is 0 Å². The molecule has 2 N–H and O–H groups in total. The van der Waals surface area contributed by atoms with Gasteiger partial charge in [0.15, 0.2) is 6.10 Å². The van der Waals surface area contributed by atoms with Crippen molar-refractivity contribution in [3.05, 3.63) is 29.8 Å². The van der Waals surface area contributed by atoms with Crippen LogP contribution in [0.5, 0.6) is 5.75 Å². The molecule has 0 aliphatic rings. The van der Waals surface area contributed by atoms with Gasteiger partial charge in [-0.1, -0.05) is 12.1 Å². The van der Waals surface area contributed by atoms with Gasteiger partial charge in [-0.3, -0.25) is 4.79 Å². The summed E-state index contributed by atoms with van der Waals surface area (Å²) in [7, 11) is 0. The number of benzene rings is 1. The number of carboxylic acid groups (broad SMARTS) is 1. The molecule has 0 bridgehead atoms. The lowest BCUT2D eigenvalue weighted by atomic mass is 10.2. The fourth-order valence-corrected chi connectivity index (χ4v) is 1.17. The third kappa shape index (κ3) is 4.55. The molecule has 5 heteroatoms. The number of hydrogen-bond donors (Lipinski definition) is 2. The number of rotatable bonds is 5. The van der Waals surface area contributed by atoms with E-state index in [1.54, 1.807) is 24.3 Å². The third-order valence-corrected chi connectivity index (χ3v) is 2.13. The maximum Gasteiger partial charge on any atom is 0.344 e. The first-order valence-electron chi connectivity index (χ1n) is 5.22. The van der Waals surface area contributed by atoms with Crippen LogP contribution >= 0.6 is 0 Å². The molecule has 0 aliphatic carbocycles. The van der Waals surface area contributed by atoms with E-state index in [1.807, 2.05) is 0 Å². The van der Waals surface area contributed by atoms with Crippen molar-refractivity contribution in [3.8, 4) is 5.75 Å². The molecule has 1 aromatic carbocycles. The maximum atomic E-state index is 10.7. The second-order valence-electron chi connectivity index (χ2n) is 3.65. The highest BCUT2D eigenvalue weighted by Crippen LogP contribution is 2.13. The highest BCUT2D eigenvalue weighted by molar-refractivity contribution is 5.73. The van der Waals surface area contributed by atoms with Crippen molar-refractivity contribution in [2.24, 2.45) is 0 Å². The van der Waals surface area contributed by atoms with Crippen LogP contribution in [-0.4, -0.2) is 23.1 Å². The zero-order valence-corrected chi connectivity index (χ0v) is 9.77. The summed E-state index contributed by atoms with van der Waals surface area (Å²) in [5.74, 6) is -0.608. The van der Waals surface area contributed by atoms with E-state index in [1.165, 1.54) is 13.8 Å². The number of carbonyl (C=O) groups excluding carboxylic acids is 1. The number of carbonyl (C=O) groups is 2. The fourth-order valence-electron chi connectivity index (χ4n) is 1.17. The van der Waals surface area contributed by atoms with Gasteiger partial charge in [0.2, 0.25) is 5.91 Å². The van der Waals surface area contributed by atoms with Gasteiger partial charge in [0.1, 0.15) is 5.75 Å². The van der Waals surface area contributed by atoms with Gasteiger partial charge in [-0.05, 0) is 24.6 Å². The molecule has 0 heterocycles. The maximum absolute atomic E-state index is 10.7. The molecule has 1 atom stereocenters. The minimum Gasteiger partial charge on any atom is -0.479 e. The zero-order chi connectivity index (χ0) is 12.8. The van der Waals surface area contributed by atoms with Crippen molar-refractivity contribution in [2.75, 3.05) is 0 Å². The molecule has 17 heavy (non-hydrogen) atoms. The smallest absolute Gasteiger partial charge is 0.344 e. The predicted molar refractivity (Wildman–Crippen MR) is 61.7 cm³/mol. The number of ether oxygens (including phenoxy) is 1. The molecule has 1 aromatic rings. The molecule has 1 unspecified atom stereocenters. The molecule has 92 valence electrons. The molecule has 1 amide bonds. The summed E-state index contributed by atoms with van der Waals surface area (Å²) >= 11 is 0. The van der Waals surface area contributed by atoms with Gasteiger partial charge in [0, 0.05) is 13.5 Å². The molecule has 0 spiro atoms. The molecular formula is C12H15NO4. The van der Waals surface area contributed by atoms with Crippen LogP contribution in [0.25, 0.3) is 0 Å². The van der Waals surface area contributed by atoms with Crippen LogP contribution in [-0.2, 0) is 16.1 Å². The molecule has 1 rings (SSSR count). The Morgan fingerprint density at radius 1 is 1.35 bits per heavy atom. The second-order valence-corrected chi connectivity index (χ2v) is 3.65. The van der Waals surface area contributed by atoms with Crippen LogP contribution in [0.4, 0.5) is 0 Å². The summed E-state index contributed by atoms with van der Waals surface area (Å²) in [5.41, 5.74) is 0.926. The SMILES string of the molecule is CC(=O)NCc1ccc(OC(C)C(=O)O)cc1. The van der Waals surface area contributed by atoms with E-state index in [-0.39, 0.29) is 5.91 Å². The first kappa shape index (κ1) is 13.0. The van der Waals surface area contributed by atoms with E-state index in [9.17, 15) is 9.59 Å². The summed E-state index contributed by atoms with van der Waals surface area (Å²) in [5, 5.41) is 11.3. The molecule has 5 nitrogen and oxygen atoms in total. The second kappa shape index (κ2) is 5.89. The van der Waals surface area contributed by atoms with E-state index in [2.05, 4.69) is 5.32 Å². The fraction of sp³-hybridized carbons (Fsp3) is 0.333. The number of amides is 1. The lowest BCUT2D eigenvalue weighted by molar-refractivity contribution is -0.144. The molecule has 0 radical (unpaired) electrons. The molecule has 0 fully saturated rings. The molecular weight excluding hydrogens is 222 g/mol. The van der Waals surface area contributed by atoms with Crippen molar-refractivity contribution in [3.63, 3.8) is 0 Å². The van der Waals surface area contributed by atoms with E-state index >= 15 is 0 Å². The average Bonchev–Trinajstić information content (AvgIpc) is 2.28. The van der Waals surface area contributed by atoms with Gasteiger partial charge < -0.3 is 15.2 Å². The highest BCUT2D eigenvalue weighted by Gasteiger charge is 2.11. The van der Waals surface area contributed by atoms with Crippen LogP contribution < -0.4 is 10.1 Å². The number of nitrogens with one attached hydrogen (secondary N) is 1. The molecule has 0 saturated carbocycles. The Labute approximate surface area is 99.4 Å². The minimum atomic E-state index is -1.01. The average molecular weight is 237 g/mol. The Morgan fingerprint density at radius 2 is 1.94 bits per heavy atom. The zero-order valence-electron chi connectivity index (χ0n) is 9.77. The Kier molecular flexibility index (Phi) is 4.51. The van der Waals surface area contributed by atoms with Crippen molar-refractivity contribution >= 4 is 11.9 Å². The third-order valence-electron chi connectivity index (χ3n) is 2.13. The number of aliphatic carboxylic acids is 1. The Balaban J connectivity index is 2.55. The van der Waals surface area contributed by atoms with Gasteiger partial charge in [0.05, 0.1) is 0 Å². The van der Waals surface area contributed by atoms with Gasteiger partial charge >= 0.3 is 5.97 Å². The van der Waals surface area contributed by atoms with Crippen molar-refractivity contribution in [1.29, 1.82) is 0 Å². The van der Waals surface area contributed by atoms with Gasteiger partial charge in [-0.25, -0.2) is 4.79 Å². The number of hydrogen-bond acceptors (Lipinski definition) is 3. The van der Waals surface area contributed by atoms with Crippen molar-refractivity contribution < 1.29 is 19.4 Å². The minimum absolute atomic E-state index is 0.0928. The molecule has 0 saturated heterocycles. The van der Waals surface area contributed by atoms with Gasteiger partial charge in [-0.15, -0.1) is 0 Å². The monoisotopic (exact) mass is 237 g/mol. The first-order valence-corrected chi connectivity index (χ1v) is 5.22. The standard InChI is InChI=1S/C12H15NO4/c1-8(12(15)16)17-11-5-3-10(4-6-11)7-13-9(2)14/h3-6,8H,7H2,1-2H3,(H,13,14)(H,15,16). The lowest BCUT2D eigenvalue weighted by Crippen LogP contribution is -2.23. The summed E-state index contributed by atoms with van der Waals surface area (Å²) in [6.07, 6.45) is -0.879. The quantitative estimate of drug-likeness (QED) is 0.806. The van der Waals surface area contributed by atoms with E-state index in [0.717, 1.165) is 5.56 Å². The normalized spacial score (nSPS) is 11.6. The van der Waals surface area contributed by atoms with E-state index < -0.39 is 12.1 Å². The number of carboxylic acids is 1. The molecule has 0 aliphatic heterocycles. The highest BCUT2D eigenvalue weighted by atomic mass is 16.5. The largest absolute Gasteiger partial charge is 0.479 e. The summed E-state index contributed by atoms with van der Waals surface area (Å²) in [6, 6.07) is 6.91. The predicted octanol–water partition coefficient (Wildman–Crippen LogP) is 1.17. The molecule has 0 aromatic heterocycles.